The van der Waals surface area contributed by atoms with E-state index in [4.69, 9.17) is 0 Å². The number of hydrogen-bond donors (Lipinski definition) is 1. The van der Waals surface area contributed by atoms with Crippen molar-refractivity contribution in [3.63, 3.8) is 0 Å². The van der Waals surface area contributed by atoms with Crippen molar-refractivity contribution in [1.29, 1.82) is 5.26 Å². The molecule has 0 saturated carbocycles. The third-order valence-corrected chi connectivity index (χ3v) is 3.56. The zero-order valence-corrected chi connectivity index (χ0v) is 13.8. The van der Waals surface area contributed by atoms with Crippen LogP contribution in [0, 0.1) is 11.3 Å². The van der Waals surface area contributed by atoms with Gasteiger partial charge in [0.15, 0.2) is 0 Å². The fraction of sp³-hybridized carbons (Fsp3) is 0.444. The molecule has 0 saturated heterocycles. The van der Waals surface area contributed by atoms with Crippen LogP contribution in [0.1, 0.15) is 39.7 Å². The predicted molar refractivity (Wildman–Crippen MR) is 88.7 cm³/mol. The van der Waals surface area contributed by atoms with Crippen LogP contribution in [0.5, 0.6) is 0 Å². The van der Waals surface area contributed by atoms with Gasteiger partial charge in [-0.15, -0.1) is 0 Å². The molecule has 1 aromatic rings. The Morgan fingerprint density at radius 1 is 1.32 bits per heavy atom. The van der Waals surface area contributed by atoms with Gasteiger partial charge in [0.25, 0.3) is 5.91 Å². The third kappa shape index (κ3) is 5.25. The highest BCUT2D eigenvalue weighted by Gasteiger charge is 2.21. The molecule has 0 aromatic heterocycles. The van der Waals surface area contributed by atoms with Crippen molar-refractivity contribution in [2.75, 3.05) is 0 Å². The lowest BCUT2D eigenvalue weighted by Gasteiger charge is -2.26. The summed E-state index contributed by atoms with van der Waals surface area (Å²) < 4.78 is 0. The number of carbonyl (C=O) groups excluding carboxylic acids is 1. The molecule has 0 aliphatic carbocycles. The molecule has 4 nitrogen and oxygen atoms in total. The van der Waals surface area contributed by atoms with E-state index in [2.05, 4.69) is 12.2 Å². The van der Waals surface area contributed by atoms with Crippen molar-refractivity contribution < 1.29 is 4.79 Å². The van der Waals surface area contributed by atoms with E-state index in [0.29, 0.717) is 6.54 Å². The maximum absolute atomic E-state index is 12.6. The normalized spacial score (nSPS) is 12.6. The lowest BCUT2D eigenvalue weighted by atomic mass is 10.1. The van der Waals surface area contributed by atoms with Crippen LogP contribution in [0.2, 0.25) is 0 Å². The highest BCUT2D eigenvalue weighted by molar-refractivity contribution is 5.97. The number of nitrogens with one attached hydrogen (secondary N) is 1. The Labute approximate surface area is 133 Å². The molecule has 1 atom stereocenters. The largest absolute Gasteiger partial charge is 0.387 e. The Balaban J connectivity index is 2.90. The molecular formula is C18H25N3O. The number of nitrogens with zero attached hydrogens (tertiary/aromatic N) is 2. The van der Waals surface area contributed by atoms with Crippen molar-refractivity contribution in [3.8, 4) is 6.07 Å². The first kappa shape index (κ1) is 17.8. The van der Waals surface area contributed by atoms with Gasteiger partial charge in [-0.2, -0.15) is 5.26 Å². The molecule has 0 aliphatic rings. The summed E-state index contributed by atoms with van der Waals surface area (Å²) >= 11 is 0. The molecular weight excluding hydrogens is 274 g/mol. The molecule has 0 heterocycles. The van der Waals surface area contributed by atoms with Crippen LogP contribution in [0.4, 0.5) is 0 Å². The molecule has 4 heteroatoms. The number of hydrogen-bond acceptors (Lipinski definition) is 3. The van der Waals surface area contributed by atoms with Crippen LogP contribution in [-0.2, 0) is 11.3 Å². The van der Waals surface area contributed by atoms with Crippen LogP contribution >= 0.6 is 0 Å². The zero-order valence-electron chi connectivity index (χ0n) is 13.8. The van der Waals surface area contributed by atoms with Crippen molar-refractivity contribution in [2.45, 2.75) is 52.7 Å². The Kier molecular flexibility index (Phi) is 7.18. The monoisotopic (exact) mass is 299 g/mol. The standard InChI is InChI=1S/C18H25N3O/c1-5-15(4)20-12-17(11-19)18(22)21(14(2)3)13-16-9-7-6-8-10-16/h6-10,12,14-15,20H,5,13H2,1-4H3/b17-12-. The molecule has 22 heavy (non-hydrogen) atoms. The number of rotatable bonds is 7. The SMILES string of the molecule is CCC(C)N/C=C(/C#N)C(=O)N(Cc1ccccc1)C(C)C. The van der Waals surface area contributed by atoms with E-state index in [1.165, 1.54) is 6.20 Å². The predicted octanol–water partition coefficient (Wildman–Crippen LogP) is 3.22. The first-order chi connectivity index (χ1) is 10.5. The van der Waals surface area contributed by atoms with Crippen LogP contribution < -0.4 is 5.32 Å². The lowest BCUT2D eigenvalue weighted by Crippen LogP contribution is -2.37. The number of carbonyl (C=O) groups is 1. The van der Waals surface area contributed by atoms with Gasteiger partial charge in [0.1, 0.15) is 11.6 Å². The second kappa shape index (κ2) is 8.89. The van der Waals surface area contributed by atoms with Crippen LogP contribution in [0.25, 0.3) is 0 Å². The van der Waals surface area contributed by atoms with Gasteiger partial charge in [0, 0.05) is 24.8 Å². The smallest absolute Gasteiger partial charge is 0.266 e. The molecule has 0 spiro atoms. The summed E-state index contributed by atoms with van der Waals surface area (Å²) in [6, 6.07) is 12.1. The fourth-order valence-corrected chi connectivity index (χ4v) is 1.91. The average Bonchev–Trinajstić information content (AvgIpc) is 2.53. The Morgan fingerprint density at radius 2 is 1.95 bits per heavy atom. The maximum atomic E-state index is 12.6. The van der Waals surface area contributed by atoms with Crippen LogP contribution in [0.15, 0.2) is 42.1 Å². The highest BCUT2D eigenvalue weighted by Crippen LogP contribution is 2.12. The van der Waals surface area contributed by atoms with Crippen molar-refractivity contribution in [2.24, 2.45) is 0 Å². The lowest BCUT2D eigenvalue weighted by molar-refractivity contribution is -0.129. The van der Waals surface area contributed by atoms with Gasteiger partial charge in [-0.25, -0.2) is 0 Å². The third-order valence-electron chi connectivity index (χ3n) is 3.56. The van der Waals surface area contributed by atoms with E-state index >= 15 is 0 Å². The second-order valence-corrected chi connectivity index (χ2v) is 5.66. The first-order valence-electron chi connectivity index (χ1n) is 7.70. The van der Waals surface area contributed by atoms with Gasteiger partial charge >= 0.3 is 0 Å². The van der Waals surface area contributed by atoms with E-state index < -0.39 is 0 Å². The quantitative estimate of drug-likeness (QED) is 0.621. The highest BCUT2D eigenvalue weighted by atomic mass is 16.2. The van der Waals surface area contributed by atoms with Gasteiger partial charge in [-0.05, 0) is 32.8 Å². The summed E-state index contributed by atoms with van der Waals surface area (Å²) in [6.07, 6.45) is 2.47. The molecule has 1 unspecified atom stereocenters. The first-order valence-corrected chi connectivity index (χ1v) is 7.70. The second-order valence-electron chi connectivity index (χ2n) is 5.66. The molecule has 0 aliphatic heterocycles. The summed E-state index contributed by atoms with van der Waals surface area (Å²) in [5.41, 5.74) is 1.20. The van der Waals surface area contributed by atoms with E-state index in [9.17, 15) is 10.1 Å². The molecule has 1 aromatic carbocycles. The van der Waals surface area contributed by atoms with Crippen LogP contribution in [-0.4, -0.2) is 22.9 Å². The summed E-state index contributed by atoms with van der Waals surface area (Å²) in [5, 5.41) is 12.4. The maximum Gasteiger partial charge on any atom is 0.266 e. The molecule has 0 bridgehead atoms. The van der Waals surface area contributed by atoms with E-state index in [0.717, 1.165) is 12.0 Å². The summed E-state index contributed by atoms with van der Waals surface area (Å²) in [6.45, 7) is 8.48. The minimum absolute atomic E-state index is 0.0213. The molecule has 1 N–H and O–H groups in total. The van der Waals surface area contributed by atoms with Gasteiger partial charge in [-0.3, -0.25) is 4.79 Å². The number of benzene rings is 1. The van der Waals surface area contributed by atoms with Crippen molar-refractivity contribution in [3.05, 3.63) is 47.7 Å². The molecule has 1 rings (SSSR count). The summed E-state index contributed by atoms with van der Waals surface area (Å²) in [4.78, 5) is 14.3. The number of nitriles is 1. The summed E-state index contributed by atoms with van der Waals surface area (Å²) in [5.74, 6) is -0.239. The van der Waals surface area contributed by atoms with E-state index in [1.807, 2.05) is 57.2 Å². The van der Waals surface area contributed by atoms with E-state index in [-0.39, 0.29) is 23.6 Å². The van der Waals surface area contributed by atoms with Crippen molar-refractivity contribution in [1.82, 2.24) is 10.2 Å². The molecule has 0 fully saturated rings. The average molecular weight is 299 g/mol. The molecule has 0 radical (unpaired) electrons. The van der Waals surface area contributed by atoms with Gasteiger partial charge < -0.3 is 10.2 Å². The van der Waals surface area contributed by atoms with Crippen LogP contribution in [0.3, 0.4) is 0 Å². The minimum atomic E-state index is -0.239. The number of amides is 1. The topological polar surface area (TPSA) is 56.1 Å². The van der Waals surface area contributed by atoms with Crippen molar-refractivity contribution >= 4 is 5.91 Å². The van der Waals surface area contributed by atoms with Gasteiger partial charge in [-0.1, -0.05) is 37.3 Å². The van der Waals surface area contributed by atoms with Gasteiger partial charge in [0.05, 0.1) is 0 Å². The van der Waals surface area contributed by atoms with Gasteiger partial charge in [0.2, 0.25) is 0 Å². The van der Waals surface area contributed by atoms with E-state index in [1.54, 1.807) is 4.90 Å². The fourth-order valence-electron chi connectivity index (χ4n) is 1.91. The Morgan fingerprint density at radius 3 is 2.45 bits per heavy atom. The zero-order chi connectivity index (χ0) is 16.5. The Bertz CT molecular complexity index is 543. The Hall–Kier alpha value is -2.28. The molecule has 1 amide bonds. The minimum Gasteiger partial charge on any atom is -0.387 e. The summed E-state index contributed by atoms with van der Waals surface area (Å²) in [7, 11) is 0. The molecule has 118 valence electrons.